The SMILES string of the molecule is FC1(F)C=C(c2ccccn2)CC1. The Kier molecular flexibility index (Phi) is 1.87. The molecular weight excluding hydrogens is 172 g/mol. The molecule has 1 aliphatic rings. The number of nitrogens with zero attached hydrogens (tertiary/aromatic N) is 1. The van der Waals surface area contributed by atoms with Crippen molar-refractivity contribution in [3.63, 3.8) is 0 Å². The first-order chi connectivity index (χ1) is 6.17. The lowest BCUT2D eigenvalue weighted by molar-refractivity contribution is 0.0555. The van der Waals surface area contributed by atoms with Gasteiger partial charge in [-0.05, 0) is 30.2 Å². The number of hydrogen-bond donors (Lipinski definition) is 0. The van der Waals surface area contributed by atoms with Gasteiger partial charge in [-0.15, -0.1) is 0 Å². The van der Waals surface area contributed by atoms with E-state index in [2.05, 4.69) is 4.98 Å². The number of alkyl halides is 2. The van der Waals surface area contributed by atoms with Crippen LogP contribution in [-0.2, 0) is 0 Å². The molecule has 0 spiro atoms. The van der Waals surface area contributed by atoms with Gasteiger partial charge in [0.15, 0.2) is 0 Å². The van der Waals surface area contributed by atoms with Crippen LogP contribution in [0.4, 0.5) is 8.78 Å². The molecule has 0 aliphatic heterocycles. The topological polar surface area (TPSA) is 12.9 Å². The molecule has 0 N–H and O–H groups in total. The van der Waals surface area contributed by atoms with Crippen LogP contribution < -0.4 is 0 Å². The average Bonchev–Trinajstić information content (AvgIpc) is 2.48. The highest BCUT2D eigenvalue weighted by molar-refractivity contribution is 5.65. The van der Waals surface area contributed by atoms with Crippen LogP contribution in [0.15, 0.2) is 30.5 Å². The van der Waals surface area contributed by atoms with E-state index in [-0.39, 0.29) is 6.42 Å². The van der Waals surface area contributed by atoms with Gasteiger partial charge in [-0.2, -0.15) is 0 Å². The minimum absolute atomic E-state index is 0.0844. The Morgan fingerprint density at radius 1 is 1.31 bits per heavy atom. The third kappa shape index (κ3) is 1.74. The number of rotatable bonds is 1. The standard InChI is InChI=1S/C10H9F2N/c11-10(12)5-4-8(7-10)9-3-1-2-6-13-9/h1-3,6-7H,4-5H2. The Bertz CT molecular complexity index is 330. The fourth-order valence-electron chi connectivity index (χ4n) is 1.46. The molecule has 0 unspecified atom stereocenters. The van der Waals surface area contributed by atoms with Gasteiger partial charge in [-0.25, -0.2) is 8.78 Å². The van der Waals surface area contributed by atoms with Crippen LogP contribution in [0.25, 0.3) is 5.57 Å². The Labute approximate surface area is 75.1 Å². The molecule has 0 atom stereocenters. The molecule has 0 fully saturated rings. The lowest BCUT2D eigenvalue weighted by Crippen LogP contribution is -2.05. The molecule has 2 rings (SSSR count). The van der Waals surface area contributed by atoms with E-state index in [1.54, 1.807) is 24.4 Å². The molecule has 1 nitrogen and oxygen atoms in total. The van der Waals surface area contributed by atoms with Gasteiger partial charge in [0.25, 0.3) is 5.92 Å². The fraction of sp³-hybridized carbons (Fsp3) is 0.300. The van der Waals surface area contributed by atoms with Crippen molar-refractivity contribution in [2.24, 2.45) is 0 Å². The molecule has 0 saturated carbocycles. The quantitative estimate of drug-likeness (QED) is 0.649. The Balaban J connectivity index is 2.30. The maximum absolute atomic E-state index is 12.8. The summed E-state index contributed by atoms with van der Waals surface area (Å²) in [5.74, 6) is -2.63. The maximum atomic E-state index is 12.8. The molecule has 68 valence electrons. The van der Waals surface area contributed by atoms with E-state index in [0.717, 1.165) is 6.08 Å². The molecule has 0 radical (unpaired) electrons. The molecule has 1 aliphatic carbocycles. The molecule has 0 aromatic carbocycles. The zero-order valence-corrected chi connectivity index (χ0v) is 7.00. The first-order valence-electron chi connectivity index (χ1n) is 4.18. The van der Waals surface area contributed by atoms with Crippen molar-refractivity contribution >= 4 is 5.57 Å². The smallest absolute Gasteiger partial charge is 0.257 e. The predicted octanol–water partition coefficient (Wildman–Crippen LogP) is 2.89. The molecule has 1 aromatic heterocycles. The highest BCUT2D eigenvalue weighted by Crippen LogP contribution is 2.36. The highest BCUT2D eigenvalue weighted by atomic mass is 19.3. The van der Waals surface area contributed by atoms with Crippen LogP contribution in [0.3, 0.4) is 0 Å². The highest BCUT2D eigenvalue weighted by Gasteiger charge is 2.32. The fourth-order valence-corrected chi connectivity index (χ4v) is 1.46. The van der Waals surface area contributed by atoms with Crippen molar-refractivity contribution in [2.45, 2.75) is 18.8 Å². The summed E-state index contributed by atoms with van der Waals surface area (Å²) in [6, 6.07) is 5.34. The van der Waals surface area contributed by atoms with E-state index in [1.165, 1.54) is 0 Å². The lowest BCUT2D eigenvalue weighted by atomic mass is 10.1. The van der Waals surface area contributed by atoms with Crippen LogP contribution >= 0.6 is 0 Å². The van der Waals surface area contributed by atoms with Crippen molar-refractivity contribution in [3.05, 3.63) is 36.2 Å². The zero-order chi connectivity index (χ0) is 9.31. The van der Waals surface area contributed by atoms with E-state index in [9.17, 15) is 8.78 Å². The Morgan fingerprint density at radius 3 is 2.69 bits per heavy atom. The van der Waals surface area contributed by atoms with Crippen molar-refractivity contribution in [2.75, 3.05) is 0 Å². The second-order valence-electron chi connectivity index (χ2n) is 3.15. The summed E-state index contributed by atoms with van der Waals surface area (Å²) >= 11 is 0. The maximum Gasteiger partial charge on any atom is 0.267 e. The van der Waals surface area contributed by atoms with Gasteiger partial charge in [0.1, 0.15) is 0 Å². The number of halogens is 2. The van der Waals surface area contributed by atoms with Crippen molar-refractivity contribution in [3.8, 4) is 0 Å². The van der Waals surface area contributed by atoms with Gasteiger partial charge in [0.2, 0.25) is 0 Å². The van der Waals surface area contributed by atoms with Crippen LogP contribution in [-0.4, -0.2) is 10.9 Å². The predicted molar refractivity (Wildman–Crippen MR) is 46.4 cm³/mol. The van der Waals surface area contributed by atoms with E-state index in [0.29, 0.717) is 17.7 Å². The van der Waals surface area contributed by atoms with Crippen molar-refractivity contribution in [1.29, 1.82) is 0 Å². The van der Waals surface area contributed by atoms with Crippen molar-refractivity contribution < 1.29 is 8.78 Å². The molecule has 1 heterocycles. The van der Waals surface area contributed by atoms with E-state index in [1.807, 2.05) is 0 Å². The number of pyridine rings is 1. The third-order valence-electron chi connectivity index (χ3n) is 2.11. The second kappa shape index (κ2) is 2.91. The molecule has 3 heteroatoms. The first-order valence-corrected chi connectivity index (χ1v) is 4.18. The number of hydrogen-bond acceptors (Lipinski definition) is 1. The van der Waals surface area contributed by atoms with Gasteiger partial charge in [-0.1, -0.05) is 6.07 Å². The average molecular weight is 181 g/mol. The van der Waals surface area contributed by atoms with Gasteiger partial charge >= 0.3 is 0 Å². The third-order valence-corrected chi connectivity index (χ3v) is 2.11. The van der Waals surface area contributed by atoms with Crippen LogP contribution in [0, 0.1) is 0 Å². The summed E-state index contributed by atoms with van der Waals surface area (Å²) in [5.41, 5.74) is 1.32. The van der Waals surface area contributed by atoms with E-state index in [4.69, 9.17) is 0 Å². The van der Waals surface area contributed by atoms with Crippen LogP contribution in [0.2, 0.25) is 0 Å². The Morgan fingerprint density at radius 2 is 2.15 bits per heavy atom. The monoisotopic (exact) mass is 181 g/mol. The summed E-state index contributed by atoms with van der Waals surface area (Å²) in [6.45, 7) is 0. The summed E-state index contributed by atoms with van der Waals surface area (Å²) in [6.07, 6.45) is 2.98. The summed E-state index contributed by atoms with van der Waals surface area (Å²) in [4.78, 5) is 4.02. The first kappa shape index (κ1) is 8.35. The van der Waals surface area contributed by atoms with E-state index < -0.39 is 5.92 Å². The van der Waals surface area contributed by atoms with Gasteiger partial charge in [0.05, 0.1) is 5.69 Å². The molecular formula is C10H9F2N. The molecule has 0 bridgehead atoms. The van der Waals surface area contributed by atoms with Crippen molar-refractivity contribution in [1.82, 2.24) is 4.98 Å². The number of allylic oxidation sites excluding steroid dienone is 2. The molecule has 0 saturated heterocycles. The summed E-state index contributed by atoms with van der Waals surface area (Å²) in [5, 5.41) is 0. The van der Waals surface area contributed by atoms with Gasteiger partial charge in [-0.3, -0.25) is 4.98 Å². The summed E-state index contributed by atoms with van der Waals surface area (Å²) in [7, 11) is 0. The summed E-state index contributed by atoms with van der Waals surface area (Å²) < 4.78 is 25.6. The zero-order valence-electron chi connectivity index (χ0n) is 7.00. The normalized spacial score (nSPS) is 20.0. The Hall–Kier alpha value is -1.25. The molecule has 13 heavy (non-hydrogen) atoms. The lowest BCUT2D eigenvalue weighted by Gasteiger charge is -2.00. The van der Waals surface area contributed by atoms with Gasteiger partial charge in [0, 0.05) is 12.6 Å². The minimum Gasteiger partial charge on any atom is -0.257 e. The number of aromatic nitrogens is 1. The van der Waals surface area contributed by atoms with Crippen LogP contribution in [0.1, 0.15) is 18.5 Å². The van der Waals surface area contributed by atoms with Crippen LogP contribution in [0.5, 0.6) is 0 Å². The largest absolute Gasteiger partial charge is 0.267 e. The van der Waals surface area contributed by atoms with E-state index >= 15 is 0 Å². The van der Waals surface area contributed by atoms with Gasteiger partial charge < -0.3 is 0 Å². The second-order valence-corrected chi connectivity index (χ2v) is 3.15. The molecule has 1 aromatic rings. The minimum atomic E-state index is -2.63. The molecule has 0 amide bonds.